The molecule has 9 heteroatoms. The Morgan fingerprint density at radius 1 is 1.43 bits per heavy atom. The van der Waals surface area contributed by atoms with E-state index in [4.69, 9.17) is 23.2 Å². The van der Waals surface area contributed by atoms with Crippen molar-refractivity contribution in [2.45, 2.75) is 12.3 Å². The number of pyridine rings is 1. The molecule has 1 aliphatic heterocycles. The molecule has 0 bridgehead atoms. The smallest absolute Gasteiger partial charge is 0.255 e. The Kier molecular flexibility index (Phi) is 5.40. The van der Waals surface area contributed by atoms with E-state index in [1.807, 2.05) is 0 Å². The third-order valence-corrected chi connectivity index (χ3v) is 6.85. The fraction of sp³-hybridized carbons (Fsp3) is 0.500. The summed E-state index contributed by atoms with van der Waals surface area (Å²) in [7, 11) is -3.34. The number of hydrogen-bond acceptors (Lipinski definition) is 5. The lowest BCUT2D eigenvalue weighted by molar-refractivity contribution is 0.0749. The van der Waals surface area contributed by atoms with E-state index in [2.05, 4.69) is 4.98 Å². The highest BCUT2D eigenvalue weighted by Crippen LogP contribution is 2.24. The standard InChI is InChI=1S/C12H14Cl2N2O3S2/c1-2-21(18,19)11-7-20-4-3-16(11)12(17)8-5-9(13)15-10(14)6-8/h5-6,11H,2-4,7H2,1H3. The fourth-order valence-electron chi connectivity index (χ4n) is 2.06. The Morgan fingerprint density at radius 3 is 2.62 bits per heavy atom. The molecule has 116 valence electrons. The van der Waals surface area contributed by atoms with E-state index in [-0.39, 0.29) is 27.5 Å². The summed E-state index contributed by atoms with van der Waals surface area (Å²) in [6, 6.07) is 2.79. The van der Waals surface area contributed by atoms with E-state index in [1.165, 1.54) is 28.8 Å². The molecule has 1 atom stereocenters. The molecule has 1 saturated heterocycles. The van der Waals surface area contributed by atoms with Crippen LogP contribution in [-0.4, -0.2) is 53.4 Å². The van der Waals surface area contributed by atoms with Crippen LogP contribution >= 0.6 is 35.0 Å². The highest BCUT2D eigenvalue weighted by Gasteiger charge is 2.36. The van der Waals surface area contributed by atoms with Gasteiger partial charge in [0.2, 0.25) is 0 Å². The van der Waals surface area contributed by atoms with E-state index in [0.29, 0.717) is 18.1 Å². The van der Waals surface area contributed by atoms with Crippen LogP contribution < -0.4 is 0 Å². The van der Waals surface area contributed by atoms with Crippen molar-refractivity contribution in [1.82, 2.24) is 9.88 Å². The first-order valence-corrected chi connectivity index (χ1v) is 9.91. The highest BCUT2D eigenvalue weighted by atomic mass is 35.5. The molecule has 0 saturated carbocycles. The van der Waals surface area contributed by atoms with Gasteiger partial charge in [-0.25, -0.2) is 13.4 Å². The normalized spacial score (nSPS) is 19.6. The molecule has 2 heterocycles. The Hall–Kier alpha value is -0.500. The molecule has 1 aliphatic rings. The van der Waals surface area contributed by atoms with Gasteiger partial charge in [0.1, 0.15) is 15.7 Å². The molecule has 0 spiro atoms. The van der Waals surface area contributed by atoms with Crippen molar-refractivity contribution in [3.05, 3.63) is 28.0 Å². The summed E-state index contributed by atoms with van der Waals surface area (Å²) in [5.74, 6) is 0.700. The van der Waals surface area contributed by atoms with Crippen molar-refractivity contribution in [2.75, 3.05) is 23.8 Å². The second kappa shape index (κ2) is 6.73. The number of sulfone groups is 1. The molecule has 0 N–H and O–H groups in total. The van der Waals surface area contributed by atoms with Crippen LogP contribution in [0.15, 0.2) is 12.1 Å². The Labute approximate surface area is 137 Å². The van der Waals surface area contributed by atoms with Crippen molar-refractivity contribution < 1.29 is 13.2 Å². The molecule has 5 nitrogen and oxygen atoms in total. The lowest BCUT2D eigenvalue weighted by Gasteiger charge is -2.34. The third-order valence-electron chi connectivity index (χ3n) is 3.17. The summed E-state index contributed by atoms with van der Waals surface area (Å²) in [6.07, 6.45) is 0. The maximum absolute atomic E-state index is 12.6. The molecule has 1 unspecified atom stereocenters. The van der Waals surface area contributed by atoms with Crippen molar-refractivity contribution in [3.8, 4) is 0 Å². The molecule has 1 aromatic heterocycles. The predicted molar refractivity (Wildman–Crippen MR) is 85.9 cm³/mol. The molecular formula is C12H14Cl2N2O3S2. The van der Waals surface area contributed by atoms with Crippen LogP contribution in [0, 0.1) is 0 Å². The number of thioether (sulfide) groups is 1. The topological polar surface area (TPSA) is 67.3 Å². The predicted octanol–water partition coefficient (Wildman–Crippen LogP) is 2.34. The van der Waals surface area contributed by atoms with Crippen molar-refractivity contribution in [3.63, 3.8) is 0 Å². The van der Waals surface area contributed by atoms with Crippen molar-refractivity contribution in [2.24, 2.45) is 0 Å². The van der Waals surface area contributed by atoms with Crippen LogP contribution in [0.2, 0.25) is 10.3 Å². The number of hydrogen-bond donors (Lipinski definition) is 0. The van der Waals surface area contributed by atoms with E-state index < -0.39 is 15.2 Å². The first-order chi connectivity index (χ1) is 9.85. The Bertz CT molecular complexity index is 632. The van der Waals surface area contributed by atoms with Gasteiger partial charge in [-0.05, 0) is 12.1 Å². The van der Waals surface area contributed by atoms with Crippen molar-refractivity contribution in [1.29, 1.82) is 0 Å². The first kappa shape index (κ1) is 16.9. The van der Waals surface area contributed by atoms with Crippen LogP contribution in [0.1, 0.15) is 17.3 Å². The molecule has 1 amide bonds. The lowest BCUT2D eigenvalue weighted by Crippen LogP contribution is -2.50. The average molecular weight is 369 g/mol. The number of rotatable bonds is 3. The second-order valence-corrected chi connectivity index (χ2v) is 8.85. The Balaban J connectivity index is 2.35. The minimum Gasteiger partial charge on any atom is -0.320 e. The van der Waals surface area contributed by atoms with Gasteiger partial charge in [-0.3, -0.25) is 4.79 Å². The monoisotopic (exact) mass is 368 g/mol. The lowest BCUT2D eigenvalue weighted by atomic mass is 10.2. The molecule has 0 radical (unpaired) electrons. The van der Waals surface area contributed by atoms with Gasteiger partial charge in [0, 0.05) is 29.4 Å². The molecule has 1 fully saturated rings. The maximum atomic E-state index is 12.6. The number of nitrogens with zero attached hydrogens (tertiary/aromatic N) is 2. The molecule has 0 aliphatic carbocycles. The van der Waals surface area contributed by atoms with Gasteiger partial charge in [-0.15, -0.1) is 0 Å². The zero-order chi connectivity index (χ0) is 15.6. The minimum absolute atomic E-state index is 0.000135. The van der Waals surface area contributed by atoms with E-state index >= 15 is 0 Å². The third kappa shape index (κ3) is 3.83. The number of carbonyl (C=O) groups excluding carboxylic acids is 1. The van der Waals surface area contributed by atoms with Gasteiger partial charge in [0.05, 0.1) is 0 Å². The van der Waals surface area contributed by atoms with Gasteiger partial charge in [0.25, 0.3) is 5.91 Å². The number of amides is 1. The van der Waals surface area contributed by atoms with Crippen LogP contribution in [0.5, 0.6) is 0 Å². The van der Waals surface area contributed by atoms with Gasteiger partial charge >= 0.3 is 0 Å². The second-order valence-electron chi connectivity index (χ2n) is 4.48. The van der Waals surface area contributed by atoms with Gasteiger partial charge < -0.3 is 4.90 Å². The molecule has 1 aromatic rings. The molecular weight excluding hydrogens is 355 g/mol. The van der Waals surface area contributed by atoms with E-state index in [1.54, 1.807) is 6.92 Å². The van der Waals surface area contributed by atoms with Crippen LogP contribution in [-0.2, 0) is 9.84 Å². The maximum Gasteiger partial charge on any atom is 0.255 e. The average Bonchev–Trinajstić information content (AvgIpc) is 2.45. The van der Waals surface area contributed by atoms with Gasteiger partial charge in [-0.1, -0.05) is 30.1 Å². The van der Waals surface area contributed by atoms with Gasteiger partial charge in [0.15, 0.2) is 9.84 Å². The summed E-state index contributed by atoms with van der Waals surface area (Å²) < 4.78 is 24.3. The number of aromatic nitrogens is 1. The number of carbonyl (C=O) groups is 1. The zero-order valence-corrected chi connectivity index (χ0v) is 14.4. The largest absolute Gasteiger partial charge is 0.320 e. The quantitative estimate of drug-likeness (QED) is 0.765. The first-order valence-electron chi connectivity index (χ1n) is 6.28. The van der Waals surface area contributed by atoms with Crippen molar-refractivity contribution >= 4 is 50.7 Å². The fourth-order valence-corrected chi connectivity index (χ4v) is 5.48. The van der Waals surface area contributed by atoms with Gasteiger partial charge in [-0.2, -0.15) is 11.8 Å². The summed E-state index contributed by atoms with van der Waals surface area (Å²) in [6.45, 7) is 1.96. The van der Waals surface area contributed by atoms with Crippen LogP contribution in [0.3, 0.4) is 0 Å². The van der Waals surface area contributed by atoms with E-state index in [0.717, 1.165) is 0 Å². The van der Waals surface area contributed by atoms with E-state index in [9.17, 15) is 13.2 Å². The number of halogens is 2. The van der Waals surface area contributed by atoms with Crippen LogP contribution in [0.4, 0.5) is 0 Å². The minimum atomic E-state index is -3.34. The van der Waals surface area contributed by atoms with Crippen LogP contribution in [0.25, 0.3) is 0 Å². The summed E-state index contributed by atoms with van der Waals surface area (Å²) >= 11 is 13.1. The molecule has 2 rings (SSSR count). The highest BCUT2D eigenvalue weighted by molar-refractivity contribution is 8.01. The SMILES string of the molecule is CCS(=O)(=O)C1CSCCN1C(=O)c1cc(Cl)nc(Cl)c1. The summed E-state index contributed by atoms with van der Waals surface area (Å²) in [5, 5.41) is -0.598. The molecule has 0 aromatic carbocycles. The Morgan fingerprint density at radius 2 is 2.05 bits per heavy atom. The molecule has 21 heavy (non-hydrogen) atoms. The zero-order valence-electron chi connectivity index (χ0n) is 11.3. The summed E-state index contributed by atoms with van der Waals surface area (Å²) in [4.78, 5) is 17.8. The summed E-state index contributed by atoms with van der Waals surface area (Å²) in [5.41, 5.74) is 0.253.